The van der Waals surface area contributed by atoms with Gasteiger partial charge in [0.2, 0.25) is 59.1 Å². The van der Waals surface area contributed by atoms with Crippen LogP contribution in [0.1, 0.15) is 198 Å². The van der Waals surface area contributed by atoms with Crippen molar-refractivity contribution < 1.29 is 101 Å². The Labute approximate surface area is 722 Å². The maximum atomic E-state index is 15.7. The molecule has 0 saturated carbocycles. The number of hydrogen-bond acceptors (Lipinski definition) is 25. The van der Waals surface area contributed by atoms with Gasteiger partial charge < -0.3 is 97.9 Å². The van der Waals surface area contributed by atoms with E-state index in [1.807, 2.05) is 34.6 Å². The monoisotopic (exact) mass is 1750 g/mol. The maximum absolute atomic E-state index is 15.7. The number of halogens is 1. The number of anilines is 1. The molecular formula is C85H119FN16O21S. The zero-order valence-corrected chi connectivity index (χ0v) is 74.3. The van der Waals surface area contributed by atoms with Gasteiger partial charge in [0.15, 0.2) is 23.3 Å². The average Bonchev–Trinajstić information content (AvgIpc) is 1.54. The fourth-order valence-electron chi connectivity index (χ4n) is 14.2. The van der Waals surface area contributed by atoms with Crippen LogP contribution in [0.3, 0.4) is 0 Å². The molecule has 0 fully saturated rings. The molecule has 15 N–H and O–H groups in total. The molecule has 0 spiro atoms. The second-order valence-electron chi connectivity index (χ2n) is 33.1. The Kier molecular flexibility index (Phi) is 35.0. The highest BCUT2D eigenvalue weighted by Gasteiger charge is 2.46. The van der Waals surface area contributed by atoms with Crippen molar-refractivity contribution in [3.05, 3.63) is 96.5 Å². The summed E-state index contributed by atoms with van der Waals surface area (Å²) < 4.78 is 33.9. The van der Waals surface area contributed by atoms with Gasteiger partial charge in [-0.1, -0.05) is 81.7 Å². The molecule has 11 amide bonds. The van der Waals surface area contributed by atoms with Crippen molar-refractivity contribution >= 4 is 111 Å². The first-order valence-corrected chi connectivity index (χ1v) is 42.3. The van der Waals surface area contributed by atoms with E-state index in [-0.39, 0.29) is 139 Å². The molecule has 39 heteroatoms. The minimum absolute atomic E-state index is 0.0189. The Morgan fingerprint density at radius 1 is 0.734 bits per heavy atom. The molecule has 11 atom stereocenters. The van der Waals surface area contributed by atoms with E-state index in [9.17, 15) is 87.2 Å². The van der Waals surface area contributed by atoms with Crippen molar-refractivity contribution in [1.29, 1.82) is 0 Å². The average molecular weight is 1750 g/mol. The molecule has 2 aromatic carbocycles. The van der Waals surface area contributed by atoms with Crippen LogP contribution in [0.25, 0.3) is 22.3 Å². The molecule has 0 aliphatic carbocycles. The minimum Gasteiger partial charge on any atom is -0.506 e. The number of phenolic OH excluding ortho intramolecular Hbond substituents is 1. The number of phenols is 1. The lowest BCUT2D eigenvalue weighted by atomic mass is 9.86. The van der Waals surface area contributed by atoms with Crippen LogP contribution in [0.15, 0.2) is 46.6 Å². The van der Waals surface area contributed by atoms with Gasteiger partial charge in [-0.05, 0) is 133 Å². The van der Waals surface area contributed by atoms with Gasteiger partial charge in [0.1, 0.15) is 59.9 Å². The molecule has 124 heavy (non-hydrogen) atoms. The first kappa shape index (κ1) is 99.5. The third kappa shape index (κ3) is 25.1. The predicted octanol–water partition coefficient (Wildman–Crippen LogP) is 3.26. The lowest BCUT2D eigenvalue weighted by Crippen LogP contribution is -2.60. The number of aryl methyl sites for hydroxylation is 1. The maximum Gasteiger partial charge on any atom is 0.343 e. The molecule has 37 nitrogen and oxygen atoms in total. The molecule has 0 bridgehead atoms. The second-order valence-corrected chi connectivity index (χ2v) is 34.0. The fourth-order valence-corrected chi connectivity index (χ4v) is 15.0. The van der Waals surface area contributed by atoms with Crippen LogP contribution in [0, 0.1) is 29.5 Å². The summed E-state index contributed by atoms with van der Waals surface area (Å²) >= 11 is 1.03. The normalized spacial score (nSPS) is 15.9. The van der Waals surface area contributed by atoms with Crippen LogP contribution in [-0.4, -0.2) is 224 Å². The number of hydrogen-bond donors (Lipinski definition) is 14. The van der Waals surface area contributed by atoms with Crippen LogP contribution >= 0.6 is 11.3 Å². The number of pyridine rings is 2. The number of esters is 2. The van der Waals surface area contributed by atoms with Gasteiger partial charge in [0.25, 0.3) is 11.5 Å². The third-order valence-corrected chi connectivity index (χ3v) is 23.4. The van der Waals surface area contributed by atoms with E-state index in [1.54, 1.807) is 85.5 Å². The zero-order valence-electron chi connectivity index (χ0n) is 73.4. The highest BCUT2D eigenvalue weighted by molar-refractivity contribution is 7.09. The van der Waals surface area contributed by atoms with Crippen molar-refractivity contribution in [3.8, 4) is 22.9 Å². The summed E-state index contributed by atoms with van der Waals surface area (Å²) in [6.45, 7) is 23.3. The number of benzene rings is 2. The number of fused-ring (bicyclic) bond motifs is 5. The molecule has 7 rings (SSSR count). The molecule has 2 aliphatic rings. The van der Waals surface area contributed by atoms with Crippen LogP contribution in [0.2, 0.25) is 0 Å². The SMILES string of the molecule is CCc1c2c(nc3cc(F)c(OCCNC(=O)CNC(=O)[C@H](C)NC(=O)[C@@H](NC(=O)[C@@H](N)CCC(=O)N[C@H](C(=O)N[C@@H](C)C(=O)NCC(=O)Nc4cc(C[C@@H](CCC(=O)O)NC(=O)c5csc([C@@H](C[C@H](C(C)C)N(C)C(=O)[C@@H](NC(=O)C(C)(C)N(C)C)[C@@H](C)CC)OC(C)=O)n5)ccc4O)C(C)C)C(C)C)cc13)-c1cc3c(c(=O)n1C2)COC(=O)[C@]3(O)CC. The molecule has 0 radical (unpaired) electrons. The first-order valence-electron chi connectivity index (χ1n) is 41.4. The Morgan fingerprint density at radius 3 is 1.94 bits per heavy atom. The van der Waals surface area contributed by atoms with E-state index in [1.165, 1.54) is 61.1 Å². The molecule has 2 aliphatic heterocycles. The number of rotatable bonds is 44. The molecule has 0 saturated heterocycles. The number of carbonyl (C=O) groups excluding carboxylic acids is 13. The quantitative estimate of drug-likeness (QED) is 0.0148. The van der Waals surface area contributed by atoms with Gasteiger partial charge in [-0.3, -0.25) is 72.0 Å². The van der Waals surface area contributed by atoms with E-state index in [0.29, 0.717) is 40.7 Å². The standard InChI is InChI=1S/C85H119FN16O21S/c1-19-44(10)71(99-82(118)84(14,15)100(16)17)81(117)101(18)60(41(4)5)35-64(123-47(13)103)79-96-59(40-124-79)76(113)93-49(23-27-68(108)109)30-48-22-25-62(104)58(31-48)94-67(107)37-90-74(111)46(12)91-77(114)69(42(6)7)97-65(105)26-24-56(87)75(112)98-70(43(8)9)78(115)92-45(11)73(110)89-36-66(106)88-28-29-121-63-32-51-50(20-2)52-38-102-61(72(52)95-57(51)34-55(63)86)33-54-53(80(102)116)39-122-83(119)85(54,120)21-3/h22,25,31-34,40-46,49,56,60,64,69-71,104,120H,19-21,23-24,26-30,35-39,87H2,1-18H3,(H,88,106)(H,89,110)(H,90,111)(H,91,114)(H,92,115)(H,93,113)(H,94,107)(H,97,105)(H,98,112)(H,99,118)(H,108,109)/t44-,45-,46-,49+,56-,60+,64+,69-,70-,71-,85-/m0/s1. The number of cyclic esters (lactones) is 1. The van der Waals surface area contributed by atoms with Crippen LogP contribution in [0.5, 0.6) is 11.5 Å². The number of likely N-dealkylation sites (N-methyl/N-ethyl adjacent to an activating group) is 2. The predicted molar refractivity (Wildman–Crippen MR) is 455 cm³/mol. The Morgan fingerprint density at radius 2 is 1.36 bits per heavy atom. The van der Waals surface area contributed by atoms with Crippen molar-refractivity contribution in [3.63, 3.8) is 0 Å². The number of carboxylic acids is 1. The summed E-state index contributed by atoms with van der Waals surface area (Å²) in [4.78, 5) is 212. The highest BCUT2D eigenvalue weighted by Crippen LogP contribution is 2.42. The fraction of sp³-hybridized carbons (Fsp3) is 0.565. The third-order valence-electron chi connectivity index (χ3n) is 22.5. The van der Waals surface area contributed by atoms with Crippen molar-refractivity contribution in [1.82, 2.24) is 72.2 Å². The lowest BCUT2D eigenvalue weighted by molar-refractivity contribution is -0.172. The zero-order chi connectivity index (χ0) is 92.4. The number of aromatic hydroxyl groups is 1. The van der Waals surface area contributed by atoms with Gasteiger partial charge in [-0.2, -0.15) is 0 Å². The number of aromatic nitrogens is 3. The van der Waals surface area contributed by atoms with Gasteiger partial charge in [0, 0.05) is 73.3 Å². The number of ether oxygens (including phenoxy) is 3. The van der Waals surface area contributed by atoms with Crippen molar-refractivity contribution in [2.24, 2.45) is 29.4 Å². The van der Waals surface area contributed by atoms with E-state index in [0.717, 1.165) is 16.9 Å². The van der Waals surface area contributed by atoms with E-state index in [4.69, 9.17) is 24.9 Å². The van der Waals surface area contributed by atoms with Gasteiger partial charge >= 0.3 is 17.9 Å². The van der Waals surface area contributed by atoms with Crippen LogP contribution in [-0.2, 0) is 103 Å². The Balaban J connectivity index is 0.833. The molecule has 3 aromatic heterocycles. The Bertz CT molecular complexity index is 4900. The van der Waals surface area contributed by atoms with Gasteiger partial charge in [0.05, 0.1) is 65.9 Å². The van der Waals surface area contributed by atoms with E-state index in [2.05, 4.69) is 58.2 Å². The first-order chi connectivity index (χ1) is 58.2. The number of nitrogens with two attached hydrogens (primary N) is 1. The summed E-state index contributed by atoms with van der Waals surface area (Å²) in [5.74, 6) is -13.0. The lowest BCUT2D eigenvalue weighted by Gasteiger charge is -2.38. The van der Waals surface area contributed by atoms with Gasteiger partial charge in [-0.15, -0.1) is 11.3 Å². The number of nitrogens with one attached hydrogen (secondary N) is 10. The summed E-state index contributed by atoms with van der Waals surface area (Å²) in [6.07, 6.45) is -1.06. The topological polar surface area (TPSA) is 528 Å². The summed E-state index contributed by atoms with van der Waals surface area (Å²) in [5.41, 5.74) is 5.85. The summed E-state index contributed by atoms with van der Waals surface area (Å²) in [7, 11) is 5.16. The van der Waals surface area contributed by atoms with E-state index >= 15 is 4.39 Å². The number of amides is 11. The van der Waals surface area contributed by atoms with Crippen LogP contribution in [0.4, 0.5) is 10.1 Å². The number of carbonyl (C=O) groups is 14. The van der Waals surface area contributed by atoms with Crippen molar-refractivity contribution in [2.45, 2.75) is 240 Å². The summed E-state index contributed by atoms with van der Waals surface area (Å²) in [6, 6.07) is -0.192. The van der Waals surface area contributed by atoms with Gasteiger partial charge in [-0.25, -0.2) is 19.2 Å². The molecule has 678 valence electrons. The number of carboxylic acid groups (broad SMARTS) is 1. The number of aliphatic hydroxyl groups is 1. The Hall–Kier alpha value is -11.6. The smallest absolute Gasteiger partial charge is 0.343 e. The largest absolute Gasteiger partial charge is 0.506 e. The molecule has 5 aromatic rings. The molecule has 0 unspecified atom stereocenters. The molecule has 5 heterocycles. The van der Waals surface area contributed by atoms with Crippen molar-refractivity contribution in [2.75, 3.05) is 52.7 Å². The number of nitrogens with zero attached hydrogens (tertiary/aromatic N) is 5. The van der Waals surface area contributed by atoms with E-state index < -0.39 is 173 Å². The summed E-state index contributed by atoms with van der Waals surface area (Å²) in [5, 5.41) is 59.9. The second kappa shape index (κ2) is 43.6. The minimum atomic E-state index is -2.03. The van der Waals surface area contributed by atoms with Crippen LogP contribution < -0.4 is 69.2 Å². The molecular weight excluding hydrogens is 1630 g/mol. The number of thiazole rings is 1. The highest BCUT2D eigenvalue weighted by atomic mass is 32.1. The number of aliphatic carboxylic acids is 1.